The standard InChI is InChI=1S/C8H5ClO2/c1-11-8(10)6-3-2-4-7(9)5-6/h1-5H. The van der Waals surface area contributed by atoms with Gasteiger partial charge in [0.05, 0.1) is 5.56 Å². The summed E-state index contributed by atoms with van der Waals surface area (Å²) in [5, 5.41) is 0.480. The van der Waals surface area contributed by atoms with Crippen molar-refractivity contribution >= 4 is 17.6 Å². The molecule has 1 rings (SSSR count). The number of halogens is 1. The highest BCUT2D eigenvalue weighted by molar-refractivity contribution is 6.30. The molecule has 2 nitrogen and oxygen atoms in total. The monoisotopic (exact) mass is 168 g/mol. The van der Waals surface area contributed by atoms with E-state index in [0.29, 0.717) is 10.6 Å². The fourth-order valence-corrected chi connectivity index (χ4v) is 0.874. The topological polar surface area (TPSA) is 26.3 Å². The molecule has 0 heterocycles. The summed E-state index contributed by atoms with van der Waals surface area (Å²) in [7, 11) is 4.66. The molecule has 0 N–H and O–H groups in total. The van der Waals surface area contributed by atoms with Gasteiger partial charge in [-0.3, -0.25) is 0 Å². The van der Waals surface area contributed by atoms with Crippen LogP contribution in [0.1, 0.15) is 10.4 Å². The van der Waals surface area contributed by atoms with E-state index in [4.69, 9.17) is 11.6 Å². The molecule has 1 aromatic carbocycles. The molecule has 1 aromatic rings. The summed E-state index contributed by atoms with van der Waals surface area (Å²) in [6.45, 7) is 0. The first kappa shape index (κ1) is 8.08. The van der Waals surface area contributed by atoms with Gasteiger partial charge in [-0.05, 0) is 18.2 Å². The first-order valence-electron chi connectivity index (χ1n) is 2.90. The van der Waals surface area contributed by atoms with Crippen molar-refractivity contribution in [2.75, 3.05) is 0 Å². The van der Waals surface area contributed by atoms with Gasteiger partial charge in [-0.1, -0.05) is 17.7 Å². The molecule has 0 atom stereocenters. The van der Waals surface area contributed by atoms with E-state index in [-0.39, 0.29) is 0 Å². The number of ether oxygens (including phenoxy) is 1. The zero-order valence-corrected chi connectivity index (χ0v) is 6.34. The molecule has 0 spiro atoms. The number of benzene rings is 1. The third-order valence-corrected chi connectivity index (χ3v) is 1.40. The lowest BCUT2D eigenvalue weighted by atomic mass is 10.2. The van der Waals surface area contributed by atoms with Gasteiger partial charge in [-0.2, -0.15) is 0 Å². The summed E-state index contributed by atoms with van der Waals surface area (Å²) in [5.74, 6) is -0.590. The quantitative estimate of drug-likeness (QED) is 0.601. The first-order valence-corrected chi connectivity index (χ1v) is 3.28. The minimum atomic E-state index is -0.590. The van der Waals surface area contributed by atoms with Crippen LogP contribution in [0.4, 0.5) is 0 Å². The van der Waals surface area contributed by atoms with Crippen molar-refractivity contribution in [3.05, 3.63) is 42.0 Å². The van der Waals surface area contributed by atoms with E-state index in [1.165, 1.54) is 6.07 Å². The molecule has 0 saturated heterocycles. The third kappa shape index (κ3) is 1.95. The molecular weight excluding hydrogens is 164 g/mol. The van der Waals surface area contributed by atoms with Gasteiger partial charge in [-0.15, -0.1) is 0 Å². The van der Waals surface area contributed by atoms with E-state index in [2.05, 4.69) is 11.8 Å². The molecule has 0 saturated carbocycles. The lowest BCUT2D eigenvalue weighted by Crippen LogP contribution is -1.98. The number of rotatable bonds is 1. The molecule has 0 fully saturated rings. The fraction of sp³-hybridized carbons (Fsp3) is 0. The summed E-state index contributed by atoms with van der Waals surface area (Å²) in [5.41, 5.74) is 0.347. The van der Waals surface area contributed by atoms with Crippen LogP contribution in [0.15, 0.2) is 24.3 Å². The van der Waals surface area contributed by atoms with Crippen molar-refractivity contribution < 1.29 is 9.53 Å². The van der Waals surface area contributed by atoms with E-state index in [1.54, 1.807) is 18.2 Å². The Labute approximate surface area is 69.7 Å². The van der Waals surface area contributed by atoms with Crippen molar-refractivity contribution in [2.24, 2.45) is 0 Å². The van der Waals surface area contributed by atoms with Crippen molar-refractivity contribution in [3.8, 4) is 0 Å². The highest BCUT2D eigenvalue weighted by Gasteiger charge is 2.03. The highest BCUT2D eigenvalue weighted by Crippen LogP contribution is 2.10. The molecule has 11 heavy (non-hydrogen) atoms. The highest BCUT2D eigenvalue weighted by atomic mass is 35.5. The molecule has 3 heteroatoms. The summed E-state index contributed by atoms with van der Waals surface area (Å²) in [6, 6.07) is 6.36. The van der Waals surface area contributed by atoms with Crippen LogP contribution >= 0.6 is 11.6 Å². The molecule has 0 aliphatic rings. The molecule has 0 aliphatic carbocycles. The molecule has 0 unspecified atom stereocenters. The van der Waals surface area contributed by atoms with Crippen LogP contribution in [-0.4, -0.2) is 5.97 Å². The Morgan fingerprint density at radius 3 is 2.82 bits per heavy atom. The van der Waals surface area contributed by atoms with Crippen LogP contribution in [-0.2, 0) is 4.74 Å². The van der Waals surface area contributed by atoms with Crippen molar-refractivity contribution in [2.45, 2.75) is 0 Å². The van der Waals surface area contributed by atoms with Crippen molar-refractivity contribution in [1.29, 1.82) is 0 Å². The van der Waals surface area contributed by atoms with Crippen molar-refractivity contribution in [3.63, 3.8) is 0 Å². The van der Waals surface area contributed by atoms with Gasteiger partial charge in [0, 0.05) is 5.02 Å². The van der Waals surface area contributed by atoms with Gasteiger partial charge in [0.25, 0.3) is 0 Å². The Hall–Kier alpha value is -1.02. The molecule has 0 aromatic heterocycles. The fourth-order valence-electron chi connectivity index (χ4n) is 0.683. The molecule has 0 amide bonds. The molecular formula is C8H5ClO2. The second-order valence-electron chi connectivity index (χ2n) is 1.92. The maximum Gasteiger partial charge on any atom is 0.338 e. The van der Waals surface area contributed by atoms with Crippen LogP contribution in [0.25, 0.3) is 0 Å². The van der Waals surface area contributed by atoms with E-state index >= 15 is 0 Å². The van der Waals surface area contributed by atoms with Crippen LogP contribution < -0.4 is 0 Å². The number of hydrogen-bond acceptors (Lipinski definition) is 2. The maximum absolute atomic E-state index is 10.8. The zero-order chi connectivity index (χ0) is 8.27. The minimum absolute atomic E-state index is 0.347. The largest absolute Gasteiger partial charge is 0.450 e. The Morgan fingerprint density at radius 1 is 1.55 bits per heavy atom. The Bertz CT molecular complexity index is 271. The normalized spacial score (nSPS) is 9.27. The lowest BCUT2D eigenvalue weighted by Gasteiger charge is -1.96. The SMILES string of the molecule is [CH]OC(=O)c1cccc(Cl)c1. The van der Waals surface area contributed by atoms with Gasteiger partial charge in [0.2, 0.25) is 0 Å². The summed E-state index contributed by atoms with van der Waals surface area (Å²) < 4.78 is 3.99. The number of esters is 1. The van der Waals surface area contributed by atoms with Crippen LogP contribution in [0.3, 0.4) is 0 Å². The lowest BCUT2D eigenvalue weighted by molar-refractivity contribution is 0.0654. The molecule has 56 valence electrons. The third-order valence-electron chi connectivity index (χ3n) is 1.17. The van der Waals surface area contributed by atoms with Gasteiger partial charge in [-0.25, -0.2) is 4.79 Å². The molecule has 2 radical (unpaired) electrons. The minimum Gasteiger partial charge on any atom is -0.450 e. The predicted molar refractivity (Wildman–Crippen MR) is 41.2 cm³/mol. The van der Waals surface area contributed by atoms with Gasteiger partial charge in [0.15, 0.2) is 7.11 Å². The Kier molecular flexibility index (Phi) is 2.49. The van der Waals surface area contributed by atoms with E-state index in [1.807, 2.05) is 0 Å². The van der Waals surface area contributed by atoms with Gasteiger partial charge >= 0.3 is 5.97 Å². The second kappa shape index (κ2) is 3.39. The Balaban J connectivity index is 2.96. The Morgan fingerprint density at radius 2 is 2.27 bits per heavy atom. The summed E-state index contributed by atoms with van der Waals surface area (Å²) in [4.78, 5) is 10.8. The molecule has 0 bridgehead atoms. The van der Waals surface area contributed by atoms with E-state index in [9.17, 15) is 4.79 Å². The second-order valence-corrected chi connectivity index (χ2v) is 2.35. The average molecular weight is 169 g/mol. The van der Waals surface area contributed by atoms with Crippen molar-refractivity contribution in [1.82, 2.24) is 0 Å². The number of hydrogen-bond donors (Lipinski definition) is 0. The van der Waals surface area contributed by atoms with E-state index < -0.39 is 5.97 Å². The molecule has 0 aliphatic heterocycles. The van der Waals surface area contributed by atoms with Crippen LogP contribution in [0, 0.1) is 7.11 Å². The van der Waals surface area contributed by atoms with Crippen LogP contribution in [0.5, 0.6) is 0 Å². The summed E-state index contributed by atoms with van der Waals surface area (Å²) >= 11 is 5.60. The van der Waals surface area contributed by atoms with Crippen LogP contribution in [0.2, 0.25) is 5.02 Å². The number of carbonyl (C=O) groups excluding carboxylic acids is 1. The van der Waals surface area contributed by atoms with E-state index in [0.717, 1.165) is 0 Å². The maximum atomic E-state index is 10.8. The average Bonchev–Trinajstić information content (AvgIpc) is 2.03. The van der Waals surface area contributed by atoms with Gasteiger partial charge < -0.3 is 4.74 Å². The number of carbonyl (C=O) groups is 1. The zero-order valence-electron chi connectivity index (χ0n) is 5.58. The predicted octanol–water partition coefficient (Wildman–Crippen LogP) is 2.17. The van der Waals surface area contributed by atoms with Gasteiger partial charge in [0.1, 0.15) is 0 Å². The first-order chi connectivity index (χ1) is 5.24. The smallest absolute Gasteiger partial charge is 0.338 e. The summed E-state index contributed by atoms with van der Waals surface area (Å²) in [6.07, 6.45) is 0.